The molecule has 1 aliphatic rings. The van der Waals surface area contributed by atoms with Crippen LogP contribution < -0.4 is 4.74 Å². The van der Waals surface area contributed by atoms with E-state index in [1.165, 1.54) is 11.1 Å². The van der Waals surface area contributed by atoms with E-state index in [0.29, 0.717) is 5.92 Å². The van der Waals surface area contributed by atoms with Gasteiger partial charge in [0.1, 0.15) is 5.75 Å². The molecule has 0 aliphatic carbocycles. The maximum atomic E-state index is 5.99. The third-order valence-corrected chi connectivity index (χ3v) is 3.55. The Hall–Kier alpha value is -1.02. The molecule has 1 aromatic rings. The molecule has 0 radical (unpaired) electrons. The monoisotopic (exact) mass is 248 g/mol. The van der Waals surface area contributed by atoms with E-state index in [0.717, 1.165) is 51.3 Å². The fraction of sp³-hybridized carbons (Fsp3) is 0.625. The number of rotatable bonds is 6. The van der Waals surface area contributed by atoms with Crippen LogP contribution in [0.5, 0.6) is 5.75 Å². The quantitative estimate of drug-likeness (QED) is 0.765. The Kier molecular flexibility index (Phi) is 5.06. The molecule has 1 aliphatic heterocycles. The fourth-order valence-electron chi connectivity index (χ4n) is 2.38. The van der Waals surface area contributed by atoms with Gasteiger partial charge in [0, 0.05) is 12.5 Å². The van der Waals surface area contributed by atoms with Crippen molar-refractivity contribution in [2.45, 2.75) is 39.5 Å². The van der Waals surface area contributed by atoms with Crippen LogP contribution in [0.15, 0.2) is 18.2 Å². The Labute approximate surface area is 110 Å². The first-order valence-corrected chi connectivity index (χ1v) is 7.15. The first-order chi connectivity index (χ1) is 8.83. The van der Waals surface area contributed by atoms with E-state index in [1.807, 2.05) is 0 Å². The van der Waals surface area contributed by atoms with Crippen LogP contribution in [0.25, 0.3) is 0 Å². The summed E-state index contributed by atoms with van der Waals surface area (Å²) in [5.41, 5.74) is 2.76. The Balaban J connectivity index is 2.00. The van der Waals surface area contributed by atoms with Gasteiger partial charge < -0.3 is 9.47 Å². The molecule has 100 valence electrons. The van der Waals surface area contributed by atoms with Crippen molar-refractivity contribution in [3.63, 3.8) is 0 Å². The minimum absolute atomic E-state index is 0.574. The molecule has 0 spiro atoms. The lowest BCUT2D eigenvalue weighted by atomic mass is 10.0. The number of benzene rings is 1. The van der Waals surface area contributed by atoms with Gasteiger partial charge in [-0.2, -0.15) is 0 Å². The maximum absolute atomic E-state index is 5.99. The minimum atomic E-state index is 0.574. The summed E-state index contributed by atoms with van der Waals surface area (Å²) in [6.45, 7) is 6.96. The summed E-state index contributed by atoms with van der Waals surface area (Å²) in [4.78, 5) is 0. The van der Waals surface area contributed by atoms with Gasteiger partial charge in [-0.3, -0.25) is 0 Å². The van der Waals surface area contributed by atoms with Gasteiger partial charge in [-0.1, -0.05) is 32.4 Å². The van der Waals surface area contributed by atoms with Crippen molar-refractivity contribution in [2.75, 3.05) is 19.8 Å². The Morgan fingerprint density at radius 2 is 2.22 bits per heavy atom. The summed E-state index contributed by atoms with van der Waals surface area (Å²) in [7, 11) is 0. The van der Waals surface area contributed by atoms with Crippen LogP contribution in [-0.2, 0) is 17.6 Å². The van der Waals surface area contributed by atoms with Gasteiger partial charge in [-0.05, 0) is 36.5 Å². The molecule has 1 heterocycles. The van der Waals surface area contributed by atoms with Gasteiger partial charge >= 0.3 is 0 Å². The van der Waals surface area contributed by atoms with Gasteiger partial charge in [-0.25, -0.2) is 0 Å². The van der Waals surface area contributed by atoms with Crippen LogP contribution in [0.4, 0.5) is 0 Å². The molecule has 0 saturated carbocycles. The van der Waals surface area contributed by atoms with E-state index < -0.39 is 0 Å². The topological polar surface area (TPSA) is 18.5 Å². The van der Waals surface area contributed by atoms with Crippen molar-refractivity contribution in [3.8, 4) is 5.75 Å². The number of ether oxygens (including phenoxy) is 2. The minimum Gasteiger partial charge on any atom is -0.493 e. The molecule has 1 saturated heterocycles. The summed E-state index contributed by atoms with van der Waals surface area (Å²) >= 11 is 0. The summed E-state index contributed by atoms with van der Waals surface area (Å²) in [6, 6.07) is 6.61. The predicted octanol–water partition coefficient (Wildman–Crippen LogP) is 3.62. The standard InChI is InChI=1S/C16H24O2/c1-3-5-15-10-13(4-2)6-7-16(15)18-12-14-8-9-17-11-14/h6-7,10,14H,3-5,8-9,11-12H2,1-2H3. The second-order valence-electron chi connectivity index (χ2n) is 5.09. The van der Waals surface area contributed by atoms with Crippen LogP contribution in [0, 0.1) is 5.92 Å². The fourth-order valence-corrected chi connectivity index (χ4v) is 2.38. The lowest BCUT2D eigenvalue weighted by molar-refractivity contribution is 0.166. The molecule has 1 aromatic carbocycles. The molecule has 2 nitrogen and oxygen atoms in total. The average Bonchev–Trinajstić information content (AvgIpc) is 2.90. The van der Waals surface area contributed by atoms with Crippen molar-refractivity contribution < 1.29 is 9.47 Å². The zero-order chi connectivity index (χ0) is 12.8. The predicted molar refractivity (Wildman–Crippen MR) is 74.2 cm³/mol. The second kappa shape index (κ2) is 6.79. The number of aryl methyl sites for hydroxylation is 2. The molecule has 0 aromatic heterocycles. The van der Waals surface area contributed by atoms with Gasteiger partial charge in [0.15, 0.2) is 0 Å². The van der Waals surface area contributed by atoms with Crippen LogP contribution in [-0.4, -0.2) is 19.8 Å². The molecular weight excluding hydrogens is 224 g/mol. The van der Waals surface area contributed by atoms with E-state index in [2.05, 4.69) is 32.0 Å². The first-order valence-electron chi connectivity index (χ1n) is 7.15. The summed E-state index contributed by atoms with van der Waals surface area (Å²) < 4.78 is 11.4. The smallest absolute Gasteiger partial charge is 0.122 e. The first kappa shape index (κ1) is 13.4. The molecule has 1 atom stereocenters. The van der Waals surface area contributed by atoms with Gasteiger partial charge in [-0.15, -0.1) is 0 Å². The van der Waals surface area contributed by atoms with Crippen molar-refractivity contribution in [3.05, 3.63) is 29.3 Å². The van der Waals surface area contributed by atoms with E-state index in [1.54, 1.807) is 0 Å². The molecule has 0 bridgehead atoms. The third-order valence-electron chi connectivity index (χ3n) is 3.55. The third kappa shape index (κ3) is 3.49. The molecule has 18 heavy (non-hydrogen) atoms. The highest BCUT2D eigenvalue weighted by molar-refractivity contribution is 5.37. The van der Waals surface area contributed by atoms with E-state index in [4.69, 9.17) is 9.47 Å². The van der Waals surface area contributed by atoms with Gasteiger partial charge in [0.25, 0.3) is 0 Å². The van der Waals surface area contributed by atoms with E-state index in [9.17, 15) is 0 Å². The highest BCUT2D eigenvalue weighted by Crippen LogP contribution is 2.24. The molecule has 1 fully saturated rings. The molecule has 2 heteroatoms. The summed E-state index contributed by atoms with van der Waals surface area (Å²) in [6.07, 6.45) is 4.49. The average molecular weight is 248 g/mol. The number of hydrogen-bond acceptors (Lipinski definition) is 2. The zero-order valence-electron chi connectivity index (χ0n) is 11.6. The maximum Gasteiger partial charge on any atom is 0.122 e. The lowest BCUT2D eigenvalue weighted by Gasteiger charge is -2.14. The summed E-state index contributed by atoms with van der Waals surface area (Å²) in [5.74, 6) is 1.64. The van der Waals surface area contributed by atoms with Gasteiger partial charge in [0.2, 0.25) is 0 Å². The Bertz CT molecular complexity index is 367. The summed E-state index contributed by atoms with van der Waals surface area (Å²) in [5, 5.41) is 0. The normalized spacial score (nSPS) is 19.1. The number of hydrogen-bond donors (Lipinski definition) is 0. The van der Waals surface area contributed by atoms with Crippen LogP contribution in [0.3, 0.4) is 0 Å². The zero-order valence-corrected chi connectivity index (χ0v) is 11.6. The second-order valence-corrected chi connectivity index (χ2v) is 5.09. The molecule has 1 unspecified atom stereocenters. The van der Waals surface area contributed by atoms with Crippen LogP contribution >= 0.6 is 0 Å². The SMILES string of the molecule is CCCc1cc(CC)ccc1OCC1CCOC1. The van der Waals surface area contributed by atoms with Gasteiger partial charge in [0.05, 0.1) is 13.2 Å². The molecule has 0 amide bonds. The van der Waals surface area contributed by atoms with Crippen molar-refractivity contribution in [2.24, 2.45) is 5.92 Å². The Morgan fingerprint density at radius 3 is 2.89 bits per heavy atom. The lowest BCUT2D eigenvalue weighted by Crippen LogP contribution is -2.12. The van der Waals surface area contributed by atoms with Crippen molar-refractivity contribution in [1.29, 1.82) is 0 Å². The molecule has 2 rings (SSSR count). The van der Waals surface area contributed by atoms with E-state index >= 15 is 0 Å². The van der Waals surface area contributed by atoms with E-state index in [-0.39, 0.29) is 0 Å². The van der Waals surface area contributed by atoms with Crippen LogP contribution in [0.1, 0.15) is 37.8 Å². The molecule has 0 N–H and O–H groups in total. The Morgan fingerprint density at radius 1 is 1.33 bits per heavy atom. The van der Waals surface area contributed by atoms with Crippen molar-refractivity contribution >= 4 is 0 Å². The van der Waals surface area contributed by atoms with Crippen LogP contribution in [0.2, 0.25) is 0 Å². The highest BCUT2D eigenvalue weighted by atomic mass is 16.5. The largest absolute Gasteiger partial charge is 0.493 e. The van der Waals surface area contributed by atoms with Crippen molar-refractivity contribution in [1.82, 2.24) is 0 Å². The molecular formula is C16H24O2. The highest BCUT2D eigenvalue weighted by Gasteiger charge is 2.16.